The zero-order valence-electron chi connectivity index (χ0n) is 12.4. The summed E-state index contributed by atoms with van der Waals surface area (Å²) in [6, 6.07) is 6.66. The summed E-state index contributed by atoms with van der Waals surface area (Å²) in [7, 11) is 0. The SMILES string of the molecule is CCC1(Cc2cccc3c2OC(C)(C)C3)CCCN1. The molecule has 0 amide bonds. The molecule has 0 bridgehead atoms. The third-order valence-corrected chi connectivity index (χ3v) is 4.71. The smallest absolute Gasteiger partial charge is 0.126 e. The second kappa shape index (κ2) is 4.52. The van der Waals surface area contributed by atoms with Gasteiger partial charge in [0.15, 0.2) is 0 Å². The fourth-order valence-corrected chi connectivity index (χ4v) is 3.63. The van der Waals surface area contributed by atoms with Crippen molar-refractivity contribution >= 4 is 0 Å². The fraction of sp³-hybridized carbons (Fsp3) is 0.647. The van der Waals surface area contributed by atoms with Gasteiger partial charge in [0.2, 0.25) is 0 Å². The van der Waals surface area contributed by atoms with Gasteiger partial charge in [-0.05, 0) is 57.2 Å². The summed E-state index contributed by atoms with van der Waals surface area (Å²) in [4.78, 5) is 0. The Morgan fingerprint density at radius 3 is 2.84 bits per heavy atom. The first-order valence-corrected chi connectivity index (χ1v) is 7.58. The van der Waals surface area contributed by atoms with E-state index in [1.807, 2.05) is 0 Å². The summed E-state index contributed by atoms with van der Waals surface area (Å²) in [5, 5.41) is 3.72. The van der Waals surface area contributed by atoms with Gasteiger partial charge in [0.25, 0.3) is 0 Å². The van der Waals surface area contributed by atoms with E-state index in [0.29, 0.717) is 5.54 Å². The Labute approximate surface area is 116 Å². The average molecular weight is 259 g/mol. The van der Waals surface area contributed by atoms with E-state index in [4.69, 9.17) is 4.74 Å². The molecule has 1 aromatic carbocycles. The van der Waals surface area contributed by atoms with E-state index in [2.05, 4.69) is 44.3 Å². The largest absolute Gasteiger partial charge is 0.487 e. The summed E-state index contributed by atoms with van der Waals surface area (Å²) < 4.78 is 6.20. The van der Waals surface area contributed by atoms with Crippen molar-refractivity contribution in [2.75, 3.05) is 6.54 Å². The molecule has 3 rings (SSSR count). The van der Waals surface area contributed by atoms with Gasteiger partial charge in [-0.15, -0.1) is 0 Å². The van der Waals surface area contributed by atoms with Crippen molar-refractivity contribution in [1.29, 1.82) is 0 Å². The van der Waals surface area contributed by atoms with E-state index in [1.165, 1.54) is 30.4 Å². The molecule has 1 atom stereocenters. The summed E-state index contributed by atoms with van der Waals surface area (Å²) >= 11 is 0. The predicted octanol–water partition coefficient (Wildman–Crippen LogP) is 3.47. The fourth-order valence-electron chi connectivity index (χ4n) is 3.63. The topological polar surface area (TPSA) is 21.3 Å². The standard InChI is InChI=1S/C17H25NO/c1-4-17(9-6-10-18-17)12-14-8-5-7-13-11-16(2,3)19-15(13)14/h5,7-8,18H,4,6,9-12H2,1-3H3. The van der Waals surface area contributed by atoms with Crippen molar-refractivity contribution in [3.63, 3.8) is 0 Å². The Morgan fingerprint density at radius 2 is 2.16 bits per heavy atom. The molecule has 2 heterocycles. The summed E-state index contributed by atoms with van der Waals surface area (Å²) in [6.07, 6.45) is 5.91. The lowest BCUT2D eigenvalue weighted by atomic mass is 9.86. The molecule has 1 N–H and O–H groups in total. The lowest BCUT2D eigenvalue weighted by Gasteiger charge is -2.29. The lowest BCUT2D eigenvalue weighted by molar-refractivity contribution is 0.136. The molecule has 0 saturated carbocycles. The molecule has 2 aliphatic rings. The van der Waals surface area contributed by atoms with E-state index in [1.54, 1.807) is 0 Å². The molecule has 1 unspecified atom stereocenters. The highest BCUT2D eigenvalue weighted by Gasteiger charge is 2.36. The van der Waals surface area contributed by atoms with Gasteiger partial charge in [-0.1, -0.05) is 25.1 Å². The third kappa shape index (κ3) is 2.38. The highest BCUT2D eigenvalue weighted by atomic mass is 16.5. The number of rotatable bonds is 3. The van der Waals surface area contributed by atoms with Gasteiger partial charge in [-0.25, -0.2) is 0 Å². The van der Waals surface area contributed by atoms with E-state index in [0.717, 1.165) is 25.1 Å². The maximum atomic E-state index is 6.20. The van der Waals surface area contributed by atoms with Gasteiger partial charge in [-0.3, -0.25) is 0 Å². The first-order valence-electron chi connectivity index (χ1n) is 7.58. The molecule has 0 aliphatic carbocycles. The maximum Gasteiger partial charge on any atom is 0.126 e. The molecule has 1 fully saturated rings. The summed E-state index contributed by atoms with van der Waals surface area (Å²) in [6.45, 7) is 7.82. The quantitative estimate of drug-likeness (QED) is 0.897. The van der Waals surface area contributed by atoms with E-state index < -0.39 is 0 Å². The van der Waals surface area contributed by atoms with Crippen molar-refractivity contribution in [3.05, 3.63) is 29.3 Å². The van der Waals surface area contributed by atoms with Crippen molar-refractivity contribution in [2.24, 2.45) is 0 Å². The van der Waals surface area contributed by atoms with Crippen LogP contribution in [0.15, 0.2) is 18.2 Å². The number of fused-ring (bicyclic) bond motifs is 1. The third-order valence-electron chi connectivity index (χ3n) is 4.71. The first-order chi connectivity index (χ1) is 9.04. The number of hydrogen-bond donors (Lipinski definition) is 1. The van der Waals surface area contributed by atoms with Crippen LogP contribution in [0.3, 0.4) is 0 Å². The van der Waals surface area contributed by atoms with Crippen LogP contribution in [0, 0.1) is 0 Å². The van der Waals surface area contributed by atoms with Crippen LogP contribution in [0.2, 0.25) is 0 Å². The molecule has 0 aromatic heterocycles. The highest BCUT2D eigenvalue weighted by Crippen LogP contribution is 2.40. The Kier molecular flexibility index (Phi) is 3.09. The van der Waals surface area contributed by atoms with Crippen LogP contribution in [0.5, 0.6) is 5.75 Å². The van der Waals surface area contributed by atoms with Crippen LogP contribution in [-0.4, -0.2) is 17.7 Å². The molecular weight excluding hydrogens is 234 g/mol. The van der Waals surface area contributed by atoms with Crippen LogP contribution in [0.4, 0.5) is 0 Å². The van der Waals surface area contributed by atoms with Crippen molar-refractivity contribution in [3.8, 4) is 5.75 Å². The molecule has 1 aromatic rings. The molecule has 0 spiro atoms. The molecular formula is C17H25NO. The highest BCUT2D eigenvalue weighted by molar-refractivity contribution is 5.46. The van der Waals surface area contributed by atoms with Crippen molar-refractivity contribution in [1.82, 2.24) is 5.32 Å². The Hall–Kier alpha value is -1.02. The second-order valence-electron chi connectivity index (χ2n) is 6.78. The minimum Gasteiger partial charge on any atom is -0.487 e. The first kappa shape index (κ1) is 13.0. The predicted molar refractivity (Wildman–Crippen MR) is 78.8 cm³/mol. The number of ether oxygens (including phenoxy) is 1. The summed E-state index contributed by atoms with van der Waals surface area (Å²) in [5.74, 6) is 1.16. The van der Waals surface area contributed by atoms with Gasteiger partial charge >= 0.3 is 0 Å². The van der Waals surface area contributed by atoms with Gasteiger partial charge in [0.1, 0.15) is 11.4 Å². The number of hydrogen-bond acceptors (Lipinski definition) is 2. The number of benzene rings is 1. The molecule has 0 radical (unpaired) electrons. The molecule has 1 saturated heterocycles. The van der Waals surface area contributed by atoms with Crippen molar-refractivity contribution < 1.29 is 4.74 Å². The average Bonchev–Trinajstić information content (AvgIpc) is 2.93. The maximum absolute atomic E-state index is 6.20. The van der Waals surface area contributed by atoms with Crippen LogP contribution in [0.25, 0.3) is 0 Å². The zero-order valence-corrected chi connectivity index (χ0v) is 12.4. The Bertz CT molecular complexity index is 472. The lowest BCUT2D eigenvalue weighted by Crippen LogP contribution is -2.41. The van der Waals surface area contributed by atoms with Crippen LogP contribution < -0.4 is 10.1 Å². The van der Waals surface area contributed by atoms with Crippen LogP contribution in [-0.2, 0) is 12.8 Å². The van der Waals surface area contributed by atoms with Crippen LogP contribution in [0.1, 0.15) is 51.2 Å². The Morgan fingerprint density at radius 1 is 1.32 bits per heavy atom. The molecule has 19 heavy (non-hydrogen) atoms. The van der Waals surface area contributed by atoms with Gasteiger partial charge in [0.05, 0.1) is 0 Å². The second-order valence-corrected chi connectivity index (χ2v) is 6.78. The molecule has 2 aliphatic heterocycles. The van der Waals surface area contributed by atoms with E-state index in [9.17, 15) is 0 Å². The van der Waals surface area contributed by atoms with Crippen molar-refractivity contribution in [2.45, 2.75) is 64.0 Å². The zero-order chi connectivity index (χ0) is 13.5. The molecule has 2 nitrogen and oxygen atoms in total. The number of para-hydroxylation sites is 1. The van der Waals surface area contributed by atoms with E-state index >= 15 is 0 Å². The monoisotopic (exact) mass is 259 g/mol. The van der Waals surface area contributed by atoms with Gasteiger partial charge in [-0.2, -0.15) is 0 Å². The summed E-state index contributed by atoms with van der Waals surface area (Å²) in [5.41, 5.74) is 3.03. The molecule has 2 heteroatoms. The van der Waals surface area contributed by atoms with Gasteiger partial charge in [0, 0.05) is 12.0 Å². The number of nitrogens with one attached hydrogen (secondary N) is 1. The van der Waals surface area contributed by atoms with Gasteiger partial charge < -0.3 is 10.1 Å². The normalized spacial score (nSPS) is 28.2. The van der Waals surface area contributed by atoms with Crippen LogP contribution >= 0.6 is 0 Å². The molecule has 104 valence electrons. The Balaban J connectivity index is 1.89. The minimum absolute atomic E-state index is 0.0408. The minimum atomic E-state index is -0.0408. The van der Waals surface area contributed by atoms with E-state index in [-0.39, 0.29) is 5.60 Å².